The smallest absolute Gasteiger partial charge is 0.256 e. The highest BCUT2D eigenvalue weighted by Crippen LogP contribution is 2.44. The molecule has 1 aromatic rings. The molecule has 0 unspecified atom stereocenters. The van der Waals surface area contributed by atoms with Crippen LogP contribution in [0.2, 0.25) is 5.02 Å². The summed E-state index contributed by atoms with van der Waals surface area (Å²) in [4.78, 5) is 13.0. The molecular weight excluding hydrogens is 390 g/mol. The van der Waals surface area contributed by atoms with Crippen molar-refractivity contribution in [1.29, 1.82) is 0 Å². The van der Waals surface area contributed by atoms with Crippen molar-refractivity contribution in [3.8, 4) is 5.75 Å². The maximum absolute atomic E-state index is 13.0. The lowest BCUT2D eigenvalue weighted by Gasteiger charge is -2.36. The summed E-state index contributed by atoms with van der Waals surface area (Å²) >= 11 is 6.14. The number of benzene rings is 1. The van der Waals surface area contributed by atoms with E-state index in [1.165, 1.54) is 7.11 Å². The van der Waals surface area contributed by atoms with Gasteiger partial charge in [-0.05, 0) is 45.9 Å². The van der Waals surface area contributed by atoms with Crippen molar-refractivity contribution >= 4 is 23.2 Å². The van der Waals surface area contributed by atoms with Gasteiger partial charge in [-0.3, -0.25) is 4.79 Å². The molecule has 8 nitrogen and oxygen atoms in total. The molecule has 9 heteroatoms. The molecule has 1 aromatic carbocycles. The number of carbonyl (C=O) groups is 1. The lowest BCUT2D eigenvalue weighted by molar-refractivity contribution is -0.229. The number of hydrogen-bond donors (Lipinski definition) is 1. The summed E-state index contributed by atoms with van der Waals surface area (Å²) in [6, 6.07) is 4.98. The Kier molecular flexibility index (Phi) is 4.85. The first-order valence-corrected chi connectivity index (χ1v) is 9.47. The largest absolute Gasteiger partial charge is 0.495 e. The van der Waals surface area contributed by atoms with E-state index < -0.39 is 42.3 Å². The molecule has 0 aliphatic carbocycles. The van der Waals surface area contributed by atoms with E-state index in [9.17, 15) is 4.79 Å². The summed E-state index contributed by atoms with van der Waals surface area (Å²) in [6.45, 7) is 7.16. The molecule has 0 aromatic heterocycles. The minimum atomic E-state index is -0.939. The molecule has 3 aliphatic rings. The number of amides is 1. The Morgan fingerprint density at radius 2 is 1.68 bits per heavy atom. The van der Waals surface area contributed by atoms with Crippen LogP contribution in [0.25, 0.3) is 0 Å². The summed E-state index contributed by atoms with van der Waals surface area (Å²) < 4.78 is 34.8. The monoisotopic (exact) mass is 413 g/mol. The fourth-order valence-electron chi connectivity index (χ4n) is 3.78. The molecule has 3 fully saturated rings. The molecule has 0 bridgehead atoms. The van der Waals surface area contributed by atoms with Gasteiger partial charge in [0.25, 0.3) is 5.91 Å². The lowest BCUT2D eigenvalue weighted by Crippen LogP contribution is -2.58. The Hall–Kier alpha value is -1.42. The summed E-state index contributed by atoms with van der Waals surface area (Å²) in [5, 5.41) is 3.20. The summed E-state index contributed by atoms with van der Waals surface area (Å²) in [5.41, 5.74) is 0.514. The van der Waals surface area contributed by atoms with Gasteiger partial charge in [0.05, 0.1) is 12.1 Å². The predicted octanol–water partition coefficient (Wildman–Crippen LogP) is 2.68. The zero-order valence-corrected chi connectivity index (χ0v) is 17.1. The van der Waals surface area contributed by atoms with Gasteiger partial charge in [0.15, 0.2) is 24.0 Å². The van der Waals surface area contributed by atoms with Crippen molar-refractivity contribution in [2.24, 2.45) is 0 Å². The van der Waals surface area contributed by atoms with Crippen LogP contribution in [0.3, 0.4) is 0 Å². The zero-order valence-electron chi connectivity index (χ0n) is 16.4. The van der Waals surface area contributed by atoms with Gasteiger partial charge in [-0.2, -0.15) is 0 Å². The number of anilines is 1. The minimum Gasteiger partial charge on any atom is -0.495 e. The van der Waals surface area contributed by atoms with Gasteiger partial charge >= 0.3 is 0 Å². The van der Waals surface area contributed by atoms with E-state index in [0.717, 1.165) is 0 Å². The second kappa shape index (κ2) is 6.83. The Morgan fingerprint density at radius 1 is 1.04 bits per heavy atom. The fraction of sp³-hybridized carbons (Fsp3) is 0.632. The van der Waals surface area contributed by atoms with E-state index in [0.29, 0.717) is 16.5 Å². The van der Waals surface area contributed by atoms with Crippen molar-refractivity contribution in [2.75, 3.05) is 12.4 Å². The van der Waals surface area contributed by atoms with Gasteiger partial charge in [0.1, 0.15) is 24.1 Å². The third kappa shape index (κ3) is 3.60. The topological polar surface area (TPSA) is 84.5 Å². The first kappa shape index (κ1) is 19.9. The van der Waals surface area contributed by atoms with Gasteiger partial charge in [-0.25, -0.2) is 0 Å². The molecule has 0 radical (unpaired) electrons. The van der Waals surface area contributed by atoms with Crippen LogP contribution >= 0.6 is 11.6 Å². The quantitative estimate of drug-likeness (QED) is 0.815. The van der Waals surface area contributed by atoms with Crippen LogP contribution in [-0.2, 0) is 28.5 Å². The van der Waals surface area contributed by atoms with Gasteiger partial charge < -0.3 is 33.7 Å². The molecule has 0 spiro atoms. The first-order chi connectivity index (χ1) is 13.1. The van der Waals surface area contributed by atoms with Crippen LogP contribution in [0.4, 0.5) is 5.69 Å². The molecular formula is C19H24ClNO7. The van der Waals surface area contributed by atoms with Crippen molar-refractivity contribution in [2.45, 2.75) is 70.0 Å². The van der Waals surface area contributed by atoms with E-state index in [1.54, 1.807) is 45.9 Å². The van der Waals surface area contributed by atoms with Crippen LogP contribution in [0.15, 0.2) is 18.2 Å². The standard InChI is InChI=1S/C19H24ClNO7/c1-18(2)25-12-13(26-18)15-17(28-19(3,4)27-15)24-14(12)16(22)21-9-6-7-11(23-5)10(20)8-9/h6-8,12-15,17H,1-5H3,(H,21,22)/t12-,13-,14+,15+,17-/m0/s1. The highest BCUT2D eigenvalue weighted by molar-refractivity contribution is 6.32. The molecule has 1 N–H and O–H groups in total. The normalized spacial score (nSPS) is 35.1. The summed E-state index contributed by atoms with van der Waals surface area (Å²) in [5.74, 6) is -1.58. The number of halogens is 1. The van der Waals surface area contributed by atoms with E-state index >= 15 is 0 Å². The summed E-state index contributed by atoms with van der Waals surface area (Å²) in [6.07, 6.45) is -3.29. The fourth-order valence-corrected chi connectivity index (χ4v) is 4.04. The Bertz CT molecular complexity index is 784. The number of fused-ring (bicyclic) bond motifs is 3. The van der Waals surface area contributed by atoms with Gasteiger partial charge in [0.2, 0.25) is 0 Å². The highest BCUT2D eigenvalue weighted by atomic mass is 35.5. The van der Waals surface area contributed by atoms with Crippen LogP contribution in [-0.4, -0.2) is 55.3 Å². The van der Waals surface area contributed by atoms with E-state index in [4.69, 9.17) is 40.0 Å². The number of carbonyl (C=O) groups excluding carboxylic acids is 1. The predicted molar refractivity (Wildman–Crippen MR) is 99.2 cm³/mol. The average molecular weight is 414 g/mol. The number of methoxy groups -OCH3 is 1. The molecule has 5 atom stereocenters. The van der Waals surface area contributed by atoms with Crippen molar-refractivity contribution < 1.29 is 33.2 Å². The second-order valence-electron chi connectivity index (χ2n) is 7.93. The van der Waals surface area contributed by atoms with E-state index in [-0.39, 0.29) is 5.91 Å². The van der Waals surface area contributed by atoms with Crippen LogP contribution in [0, 0.1) is 0 Å². The lowest BCUT2D eigenvalue weighted by atomic mass is 9.98. The second-order valence-corrected chi connectivity index (χ2v) is 8.34. The third-order valence-corrected chi connectivity index (χ3v) is 5.13. The molecule has 1 amide bonds. The molecule has 28 heavy (non-hydrogen) atoms. The van der Waals surface area contributed by atoms with Crippen molar-refractivity contribution in [3.63, 3.8) is 0 Å². The Balaban J connectivity index is 1.56. The zero-order chi connectivity index (χ0) is 20.3. The molecule has 154 valence electrons. The van der Waals surface area contributed by atoms with Crippen molar-refractivity contribution in [1.82, 2.24) is 0 Å². The molecule has 3 aliphatic heterocycles. The first-order valence-electron chi connectivity index (χ1n) is 9.10. The number of nitrogens with one attached hydrogen (secondary N) is 1. The number of hydrogen-bond acceptors (Lipinski definition) is 7. The molecule has 0 saturated carbocycles. The minimum absolute atomic E-state index is 0.385. The number of rotatable bonds is 3. The summed E-state index contributed by atoms with van der Waals surface area (Å²) in [7, 11) is 1.52. The Morgan fingerprint density at radius 3 is 2.36 bits per heavy atom. The van der Waals surface area contributed by atoms with Crippen LogP contribution in [0.1, 0.15) is 27.7 Å². The van der Waals surface area contributed by atoms with E-state index in [2.05, 4.69) is 5.32 Å². The maximum Gasteiger partial charge on any atom is 0.256 e. The maximum atomic E-state index is 13.0. The van der Waals surface area contributed by atoms with Crippen LogP contribution in [0.5, 0.6) is 5.75 Å². The third-order valence-electron chi connectivity index (χ3n) is 4.83. The van der Waals surface area contributed by atoms with E-state index in [1.807, 2.05) is 0 Å². The van der Waals surface area contributed by atoms with Gasteiger partial charge in [-0.15, -0.1) is 0 Å². The van der Waals surface area contributed by atoms with Crippen LogP contribution < -0.4 is 10.1 Å². The molecule has 3 heterocycles. The van der Waals surface area contributed by atoms with Crippen molar-refractivity contribution in [3.05, 3.63) is 23.2 Å². The Labute approximate surface area is 168 Å². The molecule has 4 rings (SSSR count). The van der Waals surface area contributed by atoms with Gasteiger partial charge in [0, 0.05) is 5.69 Å². The molecule has 3 saturated heterocycles. The number of ether oxygens (including phenoxy) is 6. The SMILES string of the molecule is COc1ccc(NC(=O)[C@@H]2O[C@H]3OC(C)(C)O[C@@H]3[C@H]3OC(C)(C)O[C@@H]32)cc1Cl. The highest BCUT2D eigenvalue weighted by Gasteiger charge is 2.62. The average Bonchev–Trinajstić information content (AvgIpc) is 3.08. The van der Waals surface area contributed by atoms with Gasteiger partial charge in [-0.1, -0.05) is 11.6 Å².